The number of carbonyl (C=O) groups is 2. The molecule has 1 aromatic heterocycles. The second-order valence-electron chi connectivity index (χ2n) is 6.50. The predicted octanol–water partition coefficient (Wildman–Crippen LogP) is 2.86. The molecule has 8 heteroatoms. The average molecular weight is 387 g/mol. The van der Waals surface area contributed by atoms with Gasteiger partial charge >= 0.3 is 0 Å². The zero-order valence-electron chi connectivity index (χ0n) is 14.7. The van der Waals surface area contributed by atoms with Crippen molar-refractivity contribution in [1.29, 1.82) is 0 Å². The molecule has 2 amide bonds. The number of fused-ring (bicyclic) bond motifs is 1. The van der Waals surface area contributed by atoms with E-state index in [1.54, 1.807) is 23.1 Å². The largest absolute Gasteiger partial charge is 0.359 e. The van der Waals surface area contributed by atoms with Gasteiger partial charge in [0.25, 0.3) is 5.91 Å². The van der Waals surface area contributed by atoms with E-state index in [1.807, 2.05) is 12.1 Å². The highest BCUT2D eigenvalue weighted by atomic mass is 35.5. The number of amides is 2. The fourth-order valence-electron chi connectivity index (χ4n) is 3.15. The summed E-state index contributed by atoms with van der Waals surface area (Å²) in [6.07, 6.45) is 3.37. The highest BCUT2D eigenvalue weighted by Gasteiger charge is 2.28. The van der Waals surface area contributed by atoms with E-state index in [9.17, 15) is 9.59 Å². The molecule has 0 unspecified atom stereocenters. The van der Waals surface area contributed by atoms with Crippen LogP contribution in [0.25, 0.3) is 0 Å². The molecular formula is C19H19ClN4O3. The number of aromatic nitrogens is 1. The molecule has 0 bridgehead atoms. The van der Waals surface area contributed by atoms with Crippen molar-refractivity contribution < 1.29 is 14.4 Å². The van der Waals surface area contributed by atoms with Crippen molar-refractivity contribution in [3.05, 3.63) is 52.7 Å². The zero-order valence-corrected chi connectivity index (χ0v) is 15.4. The monoisotopic (exact) mass is 386 g/mol. The molecule has 0 aliphatic carbocycles. The fraction of sp³-hybridized carbons (Fsp3) is 0.316. The minimum Gasteiger partial charge on any atom is -0.359 e. The highest BCUT2D eigenvalue weighted by Crippen LogP contribution is 2.30. The third kappa shape index (κ3) is 3.74. The lowest BCUT2D eigenvalue weighted by Gasteiger charge is -2.30. The third-order valence-electron chi connectivity index (χ3n) is 4.60. The van der Waals surface area contributed by atoms with Crippen LogP contribution in [0, 0.1) is 0 Å². The fourth-order valence-corrected chi connectivity index (χ4v) is 3.27. The third-order valence-corrected chi connectivity index (χ3v) is 4.85. The van der Waals surface area contributed by atoms with Crippen molar-refractivity contribution >= 4 is 34.9 Å². The van der Waals surface area contributed by atoms with E-state index in [2.05, 4.69) is 10.3 Å². The molecule has 2 aliphatic heterocycles. The maximum atomic E-state index is 12.7. The van der Waals surface area contributed by atoms with Crippen LogP contribution in [0.5, 0.6) is 0 Å². The summed E-state index contributed by atoms with van der Waals surface area (Å²) in [5, 5.41) is 5.01. The number of hydroxylamine groups is 2. The highest BCUT2D eigenvalue weighted by molar-refractivity contribution is 6.30. The van der Waals surface area contributed by atoms with Crippen molar-refractivity contribution in [3.63, 3.8) is 0 Å². The molecule has 0 saturated carbocycles. The number of carbonyl (C=O) groups excluding carboxylic acids is 2. The first-order valence-electron chi connectivity index (χ1n) is 8.85. The maximum absolute atomic E-state index is 12.7. The van der Waals surface area contributed by atoms with Crippen molar-refractivity contribution in [3.8, 4) is 0 Å². The Morgan fingerprint density at radius 1 is 1.26 bits per heavy atom. The maximum Gasteiger partial charge on any atom is 0.279 e. The molecule has 0 atom stereocenters. The zero-order chi connectivity index (χ0) is 18.8. The molecule has 1 saturated heterocycles. The van der Waals surface area contributed by atoms with Gasteiger partial charge in [0.05, 0.1) is 30.9 Å². The quantitative estimate of drug-likeness (QED) is 0.877. The van der Waals surface area contributed by atoms with E-state index in [0.717, 1.165) is 18.4 Å². The first kappa shape index (κ1) is 17.8. The summed E-state index contributed by atoms with van der Waals surface area (Å²) in [6, 6.07) is 9.03. The van der Waals surface area contributed by atoms with E-state index in [0.29, 0.717) is 41.8 Å². The van der Waals surface area contributed by atoms with Crippen LogP contribution in [-0.2, 0) is 16.2 Å². The summed E-state index contributed by atoms with van der Waals surface area (Å²) in [4.78, 5) is 36.6. The normalized spacial score (nSPS) is 16.7. The number of pyridine rings is 1. The summed E-state index contributed by atoms with van der Waals surface area (Å²) in [6.45, 7) is 1.63. The van der Waals surface area contributed by atoms with Gasteiger partial charge in [-0.2, -0.15) is 0 Å². The molecule has 140 valence electrons. The van der Waals surface area contributed by atoms with Gasteiger partial charge in [0.1, 0.15) is 0 Å². The van der Waals surface area contributed by atoms with E-state index in [4.69, 9.17) is 16.4 Å². The Bertz CT molecular complexity index is 866. The Morgan fingerprint density at radius 3 is 2.81 bits per heavy atom. The molecule has 2 aliphatic rings. The SMILES string of the molecule is O=C(c1cnc2c(c1)N(Cc1ccc(Cl)cc1)C(=O)CN2)N1CCCCO1. The number of hydrogen-bond acceptors (Lipinski definition) is 5. The molecule has 0 spiro atoms. The number of nitrogens with zero attached hydrogens (tertiary/aromatic N) is 3. The van der Waals surface area contributed by atoms with Crippen molar-refractivity contribution in [2.24, 2.45) is 0 Å². The standard InChI is InChI=1S/C19H19ClN4O3/c20-15-5-3-13(4-6-15)12-23-16-9-14(10-21-18(16)22-11-17(23)25)19(26)24-7-1-2-8-27-24/h3-6,9-10H,1-2,7-8,11-12H2,(H,21,22). The minimum atomic E-state index is -0.241. The molecule has 4 rings (SSSR count). The molecule has 2 aromatic rings. The summed E-state index contributed by atoms with van der Waals surface area (Å²) in [5.41, 5.74) is 1.93. The van der Waals surface area contributed by atoms with Crippen LogP contribution >= 0.6 is 11.6 Å². The van der Waals surface area contributed by atoms with Crippen LogP contribution in [-0.4, -0.2) is 41.6 Å². The number of hydrogen-bond donors (Lipinski definition) is 1. The smallest absolute Gasteiger partial charge is 0.279 e. The Kier molecular flexibility index (Phi) is 4.96. The minimum absolute atomic E-state index is 0.0851. The number of anilines is 2. The van der Waals surface area contributed by atoms with Crippen molar-refractivity contribution in [2.45, 2.75) is 19.4 Å². The Labute approximate surface area is 161 Å². The first-order valence-corrected chi connectivity index (χ1v) is 9.23. The second kappa shape index (κ2) is 7.54. The Hall–Kier alpha value is -2.64. The Balaban J connectivity index is 1.62. The molecule has 1 fully saturated rings. The van der Waals surface area contributed by atoms with Gasteiger partial charge in [-0.3, -0.25) is 14.4 Å². The molecule has 1 aromatic carbocycles. The van der Waals surface area contributed by atoms with E-state index < -0.39 is 0 Å². The number of benzene rings is 1. The second-order valence-corrected chi connectivity index (χ2v) is 6.94. The van der Waals surface area contributed by atoms with Crippen LogP contribution in [0.2, 0.25) is 5.02 Å². The molecule has 0 radical (unpaired) electrons. The Morgan fingerprint density at radius 2 is 2.07 bits per heavy atom. The lowest BCUT2D eigenvalue weighted by molar-refractivity contribution is -0.144. The summed E-state index contributed by atoms with van der Waals surface area (Å²) in [7, 11) is 0. The van der Waals surface area contributed by atoms with Gasteiger partial charge < -0.3 is 10.2 Å². The molecule has 1 N–H and O–H groups in total. The number of halogens is 1. The first-order chi connectivity index (χ1) is 13.1. The predicted molar refractivity (Wildman–Crippen MR) is 102 cm³/mol. The average Bonchev–Trinajstić information content (AvgIpc) is 2.71. The van der Waals surface area contributed by atoms with Crippen LogP contribution in [0.15, 0.2) is 36.5 Å². The van der Waals surface area contributed by atoms with Gasteiger partial charge in [-0.25, -0.2) is 10.0 Å². The lowest BCUT2D eigenvalue weighted by atomic mass is 10.1. The number of rotatable bonds is 3. The van der Waals surface area contributed by atoms with Gasteiger partial charge in [0, 0.05) is 17.8 Å². The van der Waals surface area contributed by atoms with Gasteiger partial charge in [0.15, 0.2) is 5.82 Å². The van der Waals surface area contributed by atoms with Crippen LogP contribution in [0.1, 0.15) is 28.8 Å². The van der Waals surface area contributed by atoms with Crippen LogP contribution < -0.4 is 10.2 Å². The summed E-state index contributed by atoms with van der Waals surface area (Å²) in [5.74, 6) is 0.257. The molecular weight excluding hydrogens is 368 g/mol. The van der Waals surface area contributed by atoms with Crippen molar-refractivity contribution in [2.75, 3.05) is 29.9 Å². The molecule has 27 heavy (non-hydrogen) atoms. The van der Waals surface area contributed by atoms with Gasteiger partial charge in [0.2, 0.25) is 5.91 Å². The van der Waals surface area contributed by atoms with Gasteiger partial charge in [-0.05, 0) is 36.6 Å². The van der Waals surface area contributed by atoms with Crippen LogP contribution in [0.3, 0.4) is 0 Å². The summed E-state index contributed by atoms with van der Waals surface area (Å²) >= 11 is 5.94. The molecule has 7 nitrogen and oxygen atoms in total. The van der Waals surface area contributed by atoms with Crippen molar-refractivity contribution in [1.82, 2.24) is 10.0 Å². The van der Waals surface area contributed by atoms with E-state index >= 15 is 0 Å². The molecule has 3 heterocycles. The van der Waals surface area contributed by atoms with Gasteiger partial charge in [-0.1, -0.05) is 23.7 Å². The number of nitrogens with one attached hydrogen (secondary N) is 1. The topological polar surface area (TPSA) is 74.8 Å². The van der Waals surface area contributed by atoms with E-state index in [-0.39, 0.29) is 18.4 Å². The van der Waals surface area contributed by atoms with Crippen LogP contribution in [0.4, 0.5) is 11.5 Å². The van der Waals surface area contributed by atoms with E-state index in [1.165, 1.54) is 11.3 Å². The summed E-state index contributed by atoms with van der Waals surface area (Å²) < 4.78 is 0. The van der Waals surface area contributed by atoms with Gasteiger partial charge in [-0.15, -0.1) is 0 Å². The lowest BCUT2D eigenvalue weighted by Crippen LogP contribution is -2.40.